The van der Waals surface area contributed by atoms with Crippen molar-refractivity contribution >= 4 is 28.9 Å². The lowest BCUT2D eigenvalue weighted by Crippen LogP contribution is -2.23. The van der Waals surface area contributed by atoms with Crippen LogP contribution in [-0.2, 0) is 4.79 Å². The molecular weight excluding hydrogens is 384 g/mol. The molecule has 0 saturated heterocycles. The van der Waals surface area contributed by atoms with Gasteiger partial charge in [-0.05, 0) is 36.2 Å². The summed E-state index contributed by atoms with van der Waals surface area (Å²) in [6.07, 6.45) is -0.0831. The summed E-state index contributed by atoms with van der Waals surface area (Å²) in [6, 6.07) is 10.3. The monoisotopic (exact) mass is 399 g/mol. The highest BCUT2D eigenvalue weighted by Gasteiger charge is 2.35. The van der Waals surface area contributed by atoms with E-state index in [1.165, 1.54) is 0 Å². The highest BCUT2D eigenvalue weighted by atomic mass is 32.1. The van der Waals surface area contributed by atoms with Gasteiger partial charge in [-0.3, -0.25) is 4.79 Å². The van der Waals surface area contributed by atoms with Crippen LogP contribution in [0.3, 0.4) is 0 Å². The van der Waals surface area contributed by atoms with Gasteiger partial charge in [-0.15, -0.1) is 11.3 Å². The zero-order valence-corrected chi connectivity index (χ0v) is 15.6. The Morgan fingerprint density at radius 3 is 2.57 bits per heavy atom. The average Bonchev–Trinajstić information content (AvgIpc) is 3.03. The van der Waals surface area contributed by atoms with Crippen molar-refractivity contribution in [3.05, 3.63) is 75.0 Å². The molecule has 0 unspecified atom stereocenters. The maximum absolute atomic E-state index is 14.4. The molecule has 142 valence electrons. The van der Waals surface area contributed by atoms with Crippen LogP contribution in [0.4, 0.5) is 14.5 Å². The third-order valence-corrected chi connectivity index (χ3v) is 6.07. The van der Waals surface area contributed by atoms with Crippen LogP contribution in [0.5, 0.6) is 0 Å². The second-order valence-corrected chi connectivity index (χ2v) is 7.74. The van der Waals surface area contributed by atoms with Crippen LogP contribution in [-0.4, -0.2) is 17.0 Å². The number of hydrogen-bond donors (Lipinski definition) is 2. The molecular formula is C21H15F2NO3S. The SMILES string of the molecule is Cc1ccc(-c2c(C(=O)O)sc3c2NC(=O)C[C@H]3c2cc(F)ccc2F)cc1. The maximum Gasteiger partial charge on any atom is 0.346 e. The fraction of sp³-hybridized carbons (Fsp3) is 0.143. The molecule has 28 heavy (non-hydrogen) atoms. The van der Waals surface area contributed by atoms with E-state index in [-0.39, 0.29) is 22.8 Å². The Morgan fingerprint density at radius 2 is 1.89 bits per heavy atom. The van der Waals surface area contributed by atoms with E-state index in [0.29, 0.717) is 21.7 Å². The van der Waals surface area contributed by atoms with E-state index in [1.54, 1.807) is 12.1 Å². The molecule has 0 bridgehead atoms. The van der Waals surface area contributed by atoms with Crippen molar-refractivity contribution in [1.29, 1.82) is 0 Å². The Labute approximate surface area is 163 Å². The van der Waals surface area contributed by atoms with Gasteiger partial charge < -0.3 is 10.4 Å². The van der Waals surface area contributed by atoms with Gasteiger partial charge in [-0.1, -0.05) is 29.8 Å². The Kier molecular flexibility index (Phi) is 4.47. The number of hydrogen-bond acceptors (Lipinski definition) is 3. The summed E-state index contributed by atoms with van der Waals surface area (Å²) in [4.78, 5) is 24.8. The van der Waals surface area contributed by atoms with Gasteiger partial charge in [-0.2, -0.15) is 0 Å². The number of carboxylic acids is 1. The molecule has 1 atom stereocenters. The number of aryl methyl sites for hydroxylation is 1. The molecule has 0 fully saturated rings. The summed E-state index contributed by atoms with van der Waals surface area (Å²) in [6.45, 7) is 1.91. The van der Waals surface area contributed by atoms with Gasteiger partial charge in [0.2, 0.25) is 5.91 Å². The van der Waals surface area contributed by atoms with E-state index in [9.17, 15) is 23.5 Å². The Morgan fingerprint density at radius 1 is 1.18 bits per heavy atom. The fourth-order valence-electron chi connectivity index (χ4n) is 3.47. The number of fused-ring (bicyclic) bond motifs is 1. The summed E-state index contributed by atoms with van der Waals surface area (Å²) in [5.74, 6) is -3.50. The number of carbonyl (C=O) groups excluding carboxylic acids is 1. The first-order valence-electron chi connectivity index (χ1n) is 8.57. The zero-order valence-electron chi connectivity index (χ0n) is 14.8. The zero-order chi connectivity index (χ0) is 20.0. The Bertz CT molecular complexity index is 1110. The average molecular weight is 399 g/mol. The normalized spacial score (nSPS) is 15.8. The molecule has 1 aliphatic heterocycles. The maximum atomic E-state index is 14.4. The van der Waals surface area contributed by atoms with Gasteiger partial charge in [0.15, 0.2) is 0 Å². The molecule has 3 aromatic rings. The van der Waals surface area contributed by atoms with Gasteiger partial charge in [0.25, 0.3) is 0 Å². The van der Waals surface area contributed by atoms with E-state index in [2.05, 4.69) is 5.32 Å². The number of thiophene rings is 1. The van der Waals surface area contributed by atoms with Gasteiger partial charge in [-0.25, -0.2) is 13.6 Å². The molecule has 2 N–H and O–H groups in total. The number of nitrogens with one attached hydrogen (secondary N) is 1. The second-order valence-electron chi connectivity index (χ2n) is 6.69. The van der Waals surface area contributed by atoms with Crippen molar-refractivity contribution in [1.82, 2.24) is 0 Å². The smallest absolute Gasteiger partial charge is 0.346 e. The lowest BCUT2D eigenvalue weighted by molar-refractivity contribution is -0.116. The second kappa shape index (κ2) is 6.83. The number of aromatic carboxylic acids is 1. The Balaban J connectivity index is 1.96. The fourth-order valence-corrected chi connectivity index (χ4v) is 4.70. The van der Waals surface area contributed by atoms with Gasteiger partial charge in [0.05, 0.1) is 5.69 Å². The third-order valence-electron chi connectivity index (χ3n) is 4.77. The number of rotatable bonds is 3. The molecule has 1 aliphatic rings. The minimum atomic E-state index is -1.14. The molecule has 4 rings (SSSR count). The van der Waals surface area contributed by atoms with Gasteiger partial charge in [0.1, 0.15) is 16.5 Å². The van der Waals surface area contributed by atoms with Crippen molar-refractivity contribution < 1.29 is 23.5 Å². The largest absolute Gasteiger partial charge is 0.477 e. The first-order chi connectivity index (χ1) is 13.3. The van der Waals surface area contributed by atoms with Crippen molar-refractivity contribution in [2.75, 3.05) is 5.32 Å². The minimum Gasteiger partial charge on any atom is -0.477 e. The number of amides is 1. The lowest BCUT2D eigenvalue weighted by atomic mass is 9.88. The summed E-state index contributed by atoms with van der Waals surface area (Å²) < 4.78 is 28.1. The van der Waals surface area contributed by atoms with Gasteiger partial charge in [0, 0.05) is 22.8 Å². The quantitative estimate of drug-likeness (QED) is 0.638. The molecule has 1 amide bonds. The first kappa shape index (κ1) is 18.3. The molecule has 1 aromatic heterocycles. The van der Waals surface area contributed by atoms with E-state index in [4.69, 9.17) is 0 Å². The van der Waals surface area contributed by atoms with Crippen LogP contribution >= 0.6 is 11.3 Å². The number of carbonyl (C=O) groups is 2. The van der Waals surface area contributed by atoms with E-state index >= 15 is 0 Å². The van der Waals surface area contributed by atoms with Crippen LogP contribution in [0.25, 0.3) is 11.1 Å². The van der Waals surface area contributed by atoms with Crippen molar-refractivity contribution in [2.24, 2.45) is 0 Å². The predicted molar refractivity (Wildman–Crippen MR) is 103 cm³/mol. The van der Waals surface area contributed by atoms with Crippen molar-refractivity contribution in [2.45, 2.75) is 19.3 Å². The molecule has 0 spiro atoms. The highest BCUT2D eigenvalue weighted by molar-refractivity contribution is 7.15. The van der Waals surface area contributed by atoms with Crippen LogP contribution in [0.15, 0.2) is 42.5 Å². The molecule has 0 aliphatic carbocycles. The van der Waals surface area contributed by atoms with Crippen molar-refractivity contribution in [3.63, 3.8) is 0 Å². The summed E-state index contributed by atoms with van der Waals surface area (Å²) in [7, 11) is 0. The molecule has 0 radical (unpaired) electrons. The number of anilines is 1. The first-order valence-corrected chi connectivity index (χ1v) is 9.38. The molecule has 4 nitrogen and oxygen atoms in total. The topological polar surface area (TPSA) is 66.4 Å². The Hall–Kier alpha value is -3.06. The lowest BCUT2D eigenvalue weighted by Gasteiger charge is -2.24. The molecule has 2 aromatic carbocycles. The third kappa shape index (κ3) is 3.07. The number of halogens is 2. The van der Waals surface area contributed by atoms with E-state index < -0.39 is 23.5 Å². The summed E-state index contributed by atoms with van der Waals surface area (Å²) in [5.41, 5.74) is 2.44. The summed E-state index contributed by atoms with van der Waals surface area (Å²) >= 11 is 0.985. The molecule has 7 heteroatoms. The van der Waals surface area contributed by atoms with Crippen LogP contribution in [0, 0.1) is 18.6 Å². The van der Waals surface area contributed by atoms with E-state index in [0.717, 1.165) is 35.1 Å². The number of benzene rings is 2. The summed E-state index contributed by atoms with van der Waals surface area (Å²) in [5, 5.41) is 12.5. The van der Waals surface area contributed by atoms with E-state index in [1.807, 2.05) is 19.1 Å². The highest BCUT2D eigenvalue weighted by Crippen LogP contribution is 2.49. The molecule has 2 heterocycles. The van der Waals surface area contributed by atoms with Crippen LogP contribution < -0.4 is 5.32 Å². The van der Waals surface area contributed by atoms with Gasteiger partial charge >= 0.3 is 5.97 Å². The van der Waals surface area contributed by atoms with Crippen LogP contribution in [0.1, 0.15) is 38.0 Å². The van der Waals surface area contributed by atoms with Crippen molar-refractivity contribution in [3.8, 4) is 11.1 Å². The number of carboxylic acid groups (broad SMARTS) is 1. The minimum absolute atomic E-state index is 0.0461. The van der Waals surface area contributed by atoms with Crippen LogP contribution in [0.2, 0.25) is 0 Å². The predicted octanol–water partition coefficient (Wildman–Crippen LogP) is 5.17. The standard InChI is InChI=1S/C21H15F2NO3S/c1-10-2-4-11(5-3-10)17-18-19(28-20(17)21(26)27)14(9-16(25)24-18)13-8-12(22)6-7-15(13)23/h2-8,14H,9H2,1H3,(H,24,25)(H,26,27)/t14-/m0/s1. The molecule has 0 saturated carbocycles.